The molecule has 0 bridgehead atoms. The number of fused-ring (bicyclic) bond motifs is 1. The average molecular weight is 304 g/mol. The highest BCUT2D eigenvalue weighted by Crippen LogP contribution is 2.38. The molecule has 1 heteroatoms. The van der Waals surface area contributed by atoms with Crippen molar-refractivity contribution in [1.82, 2.24) is 0 Å². The Bertz CT molecular complexity index is 910. The van der Waals surface area contributed by atoms with Crippen molar-refractivity contribution in [3.05, 3.63) is 63.7 Å². The summed E-state index contributed by atoms with van der Waals surface area (Å²) in [4.78, 5) is 0. The van der Waals surface area contributed by atoms with Crippen LogP contribution in [0.5, 0.6) is 5.75 Å². The number of rotatable bonds is 1. The van der Waals surface area contributed by atoms with Crippen LogP contribution in [-0.4, -0.2) is 5.11 Å². The van der Waals surface area contributed by atoms with Crippen LogP contribution in [0.1, 0.15) is 33.4 Å². The number of hydrogen-bond acceptors (Lipinski definition) is 1. The van der Waals surface area contributed by atoms with Gasteiger partial charge >= 0.3 is 0 Å². The molecule has 118 valence electrons. The maximum absolute atomic E-state index is 10.4. The number of phenolic OH excluding ortho intramolecular Hbond substituents is 1. The van der Waals surface area contributed by atoms with Gasteiger partial charge < -0.3 is 5.11 Å². The summed E-state index contributed by atoms with van der Waals surface area (Å²) < 4.78 is 0. The van der Waals surface area contributed by atoms with Crippen LogP contribution in [0.3, 0.4) is 0 Å². The van der Waals surface area contributed by atoms with Crippen LogP contribution in [0.15, 0.2) is 30.3 Å². The van der Waals surface area contributed by atoms with Crippen molar-refractivity contribution >= 4 is 10.8 Å². The summed E-state index contributed by atoms with van der Waals surface area (Å²) in [6.45, 7) is 12.8. The van der Waals surface area contributed by atoms with Crippen LogP contribution >= 0.6 is 0 Å². The molecule has 0 radical (unpaired) electrons. The van der Waals surface area contributed by atoms with E-state index in [0.29, 0.717) is 5.75 Å². The van der Waals surface area contributed by atoms with E-state index in [1.54, 1.807) is 0 Å². The smallest absolute Gasteiger partial charge is 0.123 e. The largest absolute Gasteiger partial charge is 0.507 e. The van der Waals surface area contributed by atoms with Crippen molar-refractivity contribution in [3.63, 3.8) is 0 Å². The van der Waals surface area contributed by atoms with Gasteiger partial charge in [-0.25, -0.2) is 0 Å². The van der Waals surface area contributed by atoms with E-state index in [2.05, 4.69) is 59.7 Å². The standard InChI is InChI=1S/C22H24O/c1-12-9-18(10-13(2)15(12)4)19-7-8-21(23)22-17(6)16(5)14(3)11-20(19)22/h7-11,23H,1-6H3. The van der Waals surface area contributed by atoms with Gasteiger partial charge in [-0.3, -0.25) is 0 Å². The van der Waals surface area contributed by atoms with Crippen molar-refractivity contribution in [3.8, 4) is 16.9 Å². The Morgan fingerprint density at radius 3 is 1.83 bits per heavy atom. The van der Waals surface area contributed by atoms with Gasteiger partial charge in [0.05, 0.1) is 0 Å². The zero-order valence-corrected chi connectivity index (χ0v) is 14.8. The molecule has 0 aliphatic rings. The highest BCUT2D eigenvalue weighted by Gasteiger charge is 2.13. The number of benzene rings is 3. The second-order valence-electron chi connectivity index (χ2n) is 6.73. The lowest BCUT2D eigenvalue weighted by atomic mass is 9.89. The van der Waals surface area contributed by atoms with Crippen LogP contribution in [0, 0.1) is 41.5 Å². The molecule has 0 unspecified atom stereocenters. The van der Waals surface area contributed by atoms with Gasteiger partial charge in [-0.15, -0.1) is 0 Å². The number of hydrogen-bond donors (Lipinski definition) is 1. The van der Waals surface area contributed by atoms with Crippen molar-refractivity contribution in [2.45, 2.75) is 41.5 Å². The third kappa shape index (κ3) is 2.41. The molecule has 0 aliphatic carbocycles. The lowest BCUT2D eigenvalue weighted by molar-refractivity contribution is 0.481. The minimum absolute atomic E-state index is 0.366. The summed E-state index contributed by atoms with van der Waals surface area (Å²) in [5, 5.41) is 12.5. The first-order chi connectivity index (χ1) is 10.8. The maximum Gasteiger partial charge on any atom is 0.123 e. The third-order valence-electron chi connectivity index (χ3n) is 5.35. The zero-order chi connectivity index (χ0) is 16.9. The Labute approximate surface area is 138 Å². The van der Waals surface area contributed by atoms with Crippen molar-refractivity contribution < 1.29 is 5.11 Å². The van der Waals surface area contributed by atoms with Gasteiger partial charge in [0, 0.05) is 5.39 Å². The quantitative estimate of drug-likeness (QED) is 0.579. The van der Waals surface area contributed by atoms with E-state index in [9.17, 15) is 5.11 Å². The first-order valence-electron chi connectivity index (χ1n) is 8.12. The highest BCUT2D eigenvalue weighted by atomic mass is 16.3. The minimum atomic E-state index is 0.366. The Kier molecular flexibility index (Phi) is 3.68. The van der Waals surface area contributed by atoms with E-state index >= 15 is 0 Å². The molecule has 0 spiro atoms. The van der Waals surface area contributed by atoms with Gasteiger partial charge in [0.25, 0.3) is 0 Å². The number of aromatic hydroxyl groups is 1. The fraction of sp³-hybridized carbons (Fsp3) is 0.273. The van der Waals surface area contributed by atoms with E-state index < -0.39 is 0 Å². The van der Waals surface area contributed by atoms with Crippen LogP contribution in [0.2, 0.25) is 0 Å². The molecule has 23 heavy (non-hydrogen) atoms. The van der Waals surface area contributed by atoms with Crippen LogP contribution in [0.25, 0.3) is 21.9 Å². The minimum Gasteiger partial charge on any atom is -0.507 e. The number of aryl methyl sites for hydroxylation is 4. The van der Waals surface area contributed by atoms with E-state index in [1.165, 1.54) is 44.5 Å². The fourth-order valence-electron chi connectivity index (χ4n) is 3.40. The molecular weight excluding hydrogens is 280 g/mol. The second-order valence-corrected chi connectivity index (χ2v) is 6.73. The maximum atomic E-state index is 10.4. The highest BCUT2D eigenvalue weighted by molar-refractivity contribution is 6.02. The van der Waals surface area contributed by atoms with E-state index in [-0.39, 0.29) is 0 Å². The normalized spacial score (nSPS) is 11.2. The average Bonchev–Trinajstić information content (AvgIpc) is 2.50. The SMILES string of the molecule is Cc1cc(-c2ccc(O)c3c(C)c(C)c(C)cc23)cc(C)c1C. The second kappa shape index (κ2) is 5.42. The van der Waals surface area contributed by atoms with Gasteiger partial charge in [-0.1, -0.05) is 24.3 Å². The van der Waals surface area contributed by atoms with Gasteiger partial charge in [-0.05, 0) is 97.5 Å². The van der Waals surface area contributed by atoms with Gasteiger partial charge in [0.2, 0.25) is 0 Å². The molecule has 0 saturated heterocycles. The van der Waals surface area contributed by atoms with Crippen LogP contribution in [-0.2, 0) is 0 Å². The van der Waals surface area contributed by atoms with E-state index in [4.69, 9.17) is 0 Å². The lowest BCUT2D eigenvalue weighted by Gasteiger charge is -2.16. The molecule has 3 aromatic carbocycles. The molecule has 0 amide bonds. The molecule has 3 rings (SSSR count). The molecule has 1 N–H and O–H groups in total. The van der Waals surface area contributed by atoms with Crippen molar-refractivity contribution in [2.75, 3.05) is 0 Å². The van der Waals surface area contributed by atoms with Crippen LogP contribution < -0.4 is 0 Å². The van der Waals surface area contributed by atoms with E-state index in [0.717, 1.165) is 10.8 Å². The molecule has 0 aliphatic heterocycles. The lowest BCUT2D eigenvalue weighted by Crippen LogP contribution is -1.93. The van der Waals surface area contributed by atoms with Crippen molar-refractivity contribution in [1.29, 1.82) is 0 Å². The molecule has 3 aromatic rings. The molecule has 0 fully saturated rings. The van der Waals surface area contributed by atoms with E-state index in [1.807, 2.05) is 12.1 Å². The number of phenols is 1. The molecule has 1 nitrogen and oxygen atoms in total. The van der Waals surface area contributed by atoms with Gasteiger partial charge in [0.1, 0.15) is 5.75 Å². The fourth-order valence-corrected chi connectivity index (χ4v) is 3.40. The summed E-state index contributed by atoms with van der Waals surface area (Å²) in [6, 6.07) is 10.6. The topological polar surface area (TPSA) is 20.2 Å². The summed E-state index contributed by atoms with van der Waals surface area (Å²) in [6.07, 6.45) is 0. The van der Waals surface area contributed by atoms with Gasteiger partial charge in [0.15, 0.2) is 0 Å². The van der Waals surface area contributed by atoms with Gasteiger partial charge in [-0.2, -0.15) is 0 Å². The Balaban J connectivity index is 2.42. The Morgan fingerprint density at radius 1 is 0.652 bits per heavy atom. The monoisotopic (exact) mass is 304 g/mol. The first-order valence-corrected chi connectivity index (χ1v) is 8.12. The molecule has 0 atom stereocenters. The Hall–Kier alpha value is -2.28. The molecule has 0 saturated carbocycles. The van der Waals surface area contributed by atoms with Crippen molar-refractivity contribution in [2.24, 2.45) is 0 Å². The summed E-state index contributed by atoms with van der Waals surface area (Å²) in [5.41, 5.74) is 10.1. The molecule has 0 aromatic heterocycles. The first kappa shape index (κ1) is 15.6. The van der Waals surface area contributed by atoms with Crippen LogP contribution in [0.4, 0.5) is 0 Å². The molecule has 0 heterocycles. The predicted molar refractivity (Wildman–Crippen MR) is 99.5 cm³/mol. The molecular formula is C22H24O. The summed E-state index contributed by atoms with van der Waals surface area (Å²) in [7, 11) is 0. The third-order valence-corrected chi connectivity index (χ3v) is 5.35. The summed E-state index contributed by atoms with van der Waals surface area (Å²) in [5.74, 6) is 0.366. The Morgan fingerprint density at radius 2 is 1.22 bits per heavy atom. The zero-order valence-electron chi connectivity index (χ0n) is 14.8. The summed E-state index contributed by atoms with van der Waals surface area (Å²) >= 11 is 0. The predicted octanol–water partition coefficient (Wildman–Crippen LogP) is 6.06.